The zero-order valence-corrected chi connectivity index (χ0v) is 15.5. The predicted octanol–water partition coefficient (Wildman–Crippen LogP) is 3.50. The lowest BCUT2D eigenvalue weighted by molar-refractivity contribution is -0.130. The molecule has 0 aliphatic carbocycles. The van der Waals surface area contributed by atoms with Crippen LogP contribution in [-0.2, 0) is 16.1 Å². The number of ether oxygens (including phenoxy) is 1. The Balaban J connectivity index is 1.49. The molecule has 0 bridgehead atoms. The lowest BCUT2D eigenvalue weighted by atomic mass is 10.1. The highest BCUT2D eigenvalue weighted by molar-refractivity contribution is 7.99. The van der Waals surface area contributed by atoms with Crippen molar-refractivity contribution in [3.05, 3.63) is 71.3 Å². The molecule has 1 heterocycles. The van der Waals surface area contributed by atoms with Crippen molar-refractivity contribution < 1.29 is 14.3 Å². The van der Waals surface area contributed by atoms with Crippen LogP contribution < -0.4 is 5.32 Å². The van der Waals surface area contributed by atoms with Gasteiger partial charge in [0.25, 0.3) is 0 Å². The molecular weight excluding hydrogens is 348 g/mol. The largest absolute Gasteiger partial charge is 0.445 e. The standard InChI is InChI=1S/C20H22N2O3S/c1-15-7-9-17(10-8-15)19-22(11-12-26-19)18(23)13-21-20(24)25-14-16-5-3-2-4-6-16/h2-10,19H,11-14H2,1H3,(H,21,24). The lowest BCUT2D eigenvalue weighted by Crippen LogP contribution is -2.39. The van der Waals surface area contributed by atoms with Crippen molar-refractivity contribution in [2.45, 2.75) is 18.9 Å². The number of alkyl carbamates (subject to hydrolysis) is 1. The maximum atomic E-state index is 12.5. The van der Waals surface area contributed by atoms with Crippen LogP contribution in [0, 0.1) is 6.92 Å². The number of amides is 2. The number of hydrogen-bond donors (Lipinski definition) is 1. The monoisotopic (exact) mass is 370 g/mol. The van der Waals surface area contributed by atoms with Gasteiger partial charge in [0.2, 0.25) is 5.91 Å². The first-order chi connectivity index (χ1) is 12.6. The highest BCUT2D eigenvalue weighted by Gasteiger charge is 2.30. The quantitative estimate of drug-likeness (QED) is 0.875. The first-order valence-corrected chi connectivity index (χ1v) is 9.60. The van der Waals surface area contributed by atoms with Crippen LogP contribution in [0.25, 0.3) is 0 Å². The van der Waals surface area contributed by atoms with Crippen molar-refractivity contribution >= 4 is 23.8 Å². The van der Waals surface area contributed by atoms with Gasteiger partial charge in [0, 0.05) is 12.3 Å². The molecule has 1 aliphatic heterocycles. The molecule has 1 aliphatic rings. The summed E-state index contributed by atoms with van der Waals surface area (Å²) in [5.41, 5.74) is 3.21. The number of rotatable bonds is 5. The van der Waals surface area contributed by atoms with Crippen LogP contribution in [0.4, 0.5) is 4.79 Å². The van der Waals surface area contributed by atoms with Crippen LogP contribution in [0.5, 0.6) is 0 Å². The van der Waals surface area contributed by atoms with E-state index in [9.17, 15) is 9.59 Å². The second kappa shape index (κ2) is 8.76. The number of thioether (sulfide) groups is 1. The van der Waals surface area contributed by atoms with Gasteiger partial charge in [-0.25, -0.2) is 4.79 Å². The maximum Gasteiger partial charge on any atom is 0.407 e. The Morgan fingerprint density at radius 1 is 1.15 bits per heavy atom. The lowest BCUT2D eigenvalue weighted by Gasteiger charge is -2.24. The number of carbonyl (C=O) groups is 2. The molecule has 2 aromatic rings. The van der Waals surface area contributed by atoms with Crippen LogP contribution >= 0.6 is 11.8 Å². The van der Waals surface area contributed by atoms with Crippen molar-refractivity contribution in [1.82, 2.24) is 10.2 Å². The van der Waals surface area contributed by atoms with E-state index < -0.39 is 6.09 Å². The second-order valence-electron chi connectivity index (χ2n) is 6.14. The summed E-state index contributed by atoms with van der Waals surface area (Å²) in [4.78, 5) is 26.1. The van der Waals surface area contributed by atoms with Gasteiger partial charge in [-0.15, -0.1) is 11.8 Å². The first-order valence-electron chi connectivity index (χ1n) is 8.55. The van der Waals surface area contributed by atoms with Gasteiger partial charge in [-0.05, 0) is 18.1 Å². The van der Waals surface area contributed by atoms with Crippen molar-refractivity contribution in [2.75, 3.05) is 18.8 Å². The third-order valence-electron chi connectivity index (χ3n) is 4.17. The van der Waals surface area contributed by atoms with E-state index in [0.717, 1.165) is 16.9 Å². The van der Waals surface area contributed by atoms with Crippen LogP contribution in [-0.4, -0.2) is 35.7 Å². The van der Waals surface area contributed by atoms with Crippen LogP contribution in [0.2, 0.25) is 0 Å². The normalized spacial score (nSPS) is 16.3. The third kappa shape index (κ3) is 4.79. The van der Waals surface area contributed by atoms with E-state index in [1.165, 1.54) is 5.56 Å². The van der Waals surface area contributed by atoms with Gasteiger partial charge in [-0.2, -0.15) is 0 Å². The Labute approximate surface area is 157 Å². The first kappa shape index (κ1) is 18.3. The summed E-state index contributed by atoms with van der Waals surface area (Å²) >= 11 is 1.74. The highest BCUT2D eigenvalue weighted by atomic mass is 32.2. The number of hydrogen-bond acceptors (Lipinski definition) is 4. The minimum absolute atomic E-state index is 0.00485. The van der Waals surface area contributed by atoms with Gasteiger partial charge >= 0.3 is 6.09 Å². The van der Waals surface area contributed by atoms with Crippen molar-refractivity contribution in [2.24, 2.45) is 0 Å². The molecule has 0 aromatic heterocycles. The molecule has 3 rings (SSSR count). The van der Waals surface area contributed by atoms with Gasteiger partial charge < -0.3 is 15.0 Å². The molecule has 5 nitrogen and oxygen atoms in total. The van der Waals surface area contributed by atoms with Crippen LogP contribution in [0.1, 0.15) is 22.1 Å². The van der Waals surface area contributed by atoms with Crippen molar-refractivity contribution in [3.63, 3.8) is 0 Å². The smallest absolute Gasteiger partial charge is 0.407 e. The van der Waals surface area contributed by atoms with Crippen LogP contribution in [0.15, 0.2) is 54.6 Å². The summed E-state index contributed by atoms with van der Waals surface area (Å²) in [6.07, 6.45) is -0.582. The van der Waals surface area contributed by atoms with E-state index in [-0.39, 0.29) is 24.4 Å². The number of nitrogens with one attached hydrogen (secondary N) is 1. The molecule has 1 N–H and O–H groups in total. The summed E-state index contributed by atoms with van der Waals surface area (Å²) in [6, 6.07) is 17.7. The zero-order chi connectivity index (χ0) is 18.4. The zero-order valence-electron chi connectivity index (χ0n) is 14.7. The van der Waals surface area contributed by atoms with E-state index in [1.54, 1.807) is 11.8 Å². The molecule has 2 aromatic carbocycles. The molecule has 0 spiro atoms. The van der Waals surface area contributed by atoms with Gasteiger partial charge in [0.05, 0.1) is 0 Å². The molecule has 6 heteroatoms. The molecule has 26 heavy (non-hydrogen) atoms. The predicted molar refractivity (Wildman–Crippen MR) is 103 cm³/mol. The fourth-order valence-corrected chi connectivity index (χ4v) is 4.03. The summed E-state index contributed by atoms with van der Waals surface area (Å²) in [6.45, 7) is 2.85. The fourth-order valence-electron chi connectivity index (χ4n) is 2.76. The fraction of sp³-hybridized carbons (Fsp3) is 0.300. The van der Waals surface area contributed by atoms with E-state index in [0.29, 0.717) is 6.54 Å². The van der Waals surface area contributed by atoms with Gasteiger partial charge in [-0.3, -0.25) is 4.79 Å². The van der Waals surface area contributed by atoms with E-state index >= 15 is 0 Å². The van der Waals surface area contributed by atoms with Crippen molar-refractivity contribution in [1.29, 1.82) is 0 Å². The minimum Gasteiger partial charge on any atom is -0.445 e. The van der Waals surface area contributed by atoms with Gasteiger partial charge in [0.1, 0.15) is 18.5 Å². The molecule has 1 unspecified atom stereocenters. The molecular formula is C20H22N2O3S. The summed E-state index contributed by atoms with van der Waals surface area (Å²) in [7, 11) is 0. The van der Waals surface area contributed by atoms with Crippen molar-refractivity contribution in [3.8, 4) is 0 Å². The number of carbonyl (C=O) groups excluding carboxylic acids is 2. The molecule has 1 atom stereocenters. The van der Waals surface area contributed by atoms with Crippen LogP contribution in [0.3, 0.4) is 0 Å². The topological polar surface area (TPSA) is 58.6 Å². The average molecular weight is 370 g/mol. The Morgan fingerprint density at radius 2 is 1.88 bits per heavy atom. The molecule has 0 saturated carbocycles. The minimum atomic E-state index is -0.582. The molecule has 1 fully saturated rings. The second-order valence-corrected chi connectivity index (χ2v) is 7.32. The molecule has 2 amide bonds. The summed E-state index contributed by atoms with van der Waals surface area (Å²) in [5.74, 6) is 0.792. The number of benzene rings is 2. The summed E-state index contributed by atoms with van der Waals surface area (Å²) in [5, 5.41) is 2.55. The van der Waals surface area contributed by atoms with E-state index in [1.807, 2.05) is 42.2 Å². The molecule has 1 saturated heterocycles. The van der Waals surface area contributed by atoms with E-state index in [4.69, 9.17) is 4.74 Å². The van der Waals surface area contributed by atoms with Gasteiger partial charge in [-0.1, -0.05) is 60.2 Å². The Bertz CT molecular complexity index is 749. The third-order valence-corrected chi connectivity index (χ3v) is 5.43. The average Bonchev–Trinajstić information content (AvgIpc) is 3.16. The Hall–Kier alpha value is -2.47. The maximum absolute atomic E-state index is 12.5. The number of aryl methyl sites for hydroxylation is 1. The summed E-state index contributed by atoms with van der Waals surface area (Å²) < 4.78 is 5.14. The molecule has 136 valence electrons. The van der Waals surface area contributed by atoms with E-state index in [2.05, 4.69) is 29.6 Å². The Morgan fingerprint density at radius 3 is 2.62 bits per heavy atom. The SMILES string of the molecule is Cc1ccc(C2SCCN2C(=O)CNC(=O)OCc2ccccc2)cc1. The Kier molecular flexibility index (Phi) is 6.17. The number of nitrogens with zero attached hydrogens (tertiary/aromatic N) is 1. The highest BCUT2D eigenvalue weighted by Crippen LogP contribution is 2.37. The molecule has 0 radical (unpaired) electrons. The van der Waals surface area contributed by atoms with Gasteiger partial charge in [0.15, 0.2) is 0 Å².